The Labute approximate surface area is 113 Å². The van der Waals surface area contributed by atoms with Crippen molar-refractivity contribution < 1.29 is 9.21 Å². The SMILES string of the molecule is C/C=C/CCNC(=O)Cc1coc2cc(C)ccc12. The molecule has 0 aliphatic carbocycles. The second-order valence-corrected chi connectivity index (χ2v) is 4.64. The van der Waals surface area contributed by atoms with Crippen LogP contribution in [0.1, 0.15) is 24.5 Å². The van der Waals surface area contributed by atoms with Gasteiger partial charge >= 0.3 is 0 Å². The predicted molar refractivity (Wildman–Crippen MR) is 77.1 cm³/mol. The summed E-state index contributed by atoms with van der Waals surface area (Å²) in [5.41, 5.74) is 2.94. The van der Waals surface area contributed by atoms with Gasteiger partial charge in [-0.2, -0.15) is 0 Å². The van der Waals surface area contributed by atoms with Crippen molar-refractivity contribution in [3.05, 3.63) is 47.7 Å². The van der Waals surface area contributed by atoms with E-state index in [1.54, 1.807) is 6.26 Å². The molecule has 0 saturated heterocycles. The summed E-state index contributed by atoms with van der Waals surface area (Å²) in [6.45, 7) is 4.68. The molecule has 0 bridgehead atoms. The van der Waals surface area contributed by atoms with E-state index in [2.05, 4.69) is 5.32 Å². The Morgan fingerprint density at radius 1 is 1.42 bits per heavy atom. The maximum Gasteiger partial charge on any atom is 0.224 e. The van der Waals surface area contributed by atoms with Crippen molar-refractivity contribution in [2.75, 3.05) is 6.54 Å². The molecule has 1 heterocycles. The number of carbonyl (C=O) groups excluding carboxylic acids is 1. The van der Waals surface area contributed by atoms with E-state index in [0.29, 0.717) is 13.0 Å². The van der Waals surface area contributed by atoms with Crippen molar-refractivity contribution in [3.8, 4) is 0 Å². The van der Waals surface area contributed by atoms with E-state index in [1.807, 2.05) is 44.2 Å². The van der Waals surface area contributed by atoms with Crippen LogP contribution >= 0.6 is 0 Å². The van der Waals surface area contributed by atoms with Gasteiger partial charge < -0.3 is 9.73 Å². The quantitative estimate of drug-likeness (QED) is 0.659. The molecule has 19 heavy (non-hydrogen) atoms. The summed E-state index contributed by atoms with van der Waals surface area (Å²) in [7, 11) is 0. The second-order valence-electron chi connectivity index (χ2n) is 4.64. The molecule has 100 valence electrons. The standard InChI is InChI=1S/C16H19NO2/c1-3-4-5-8-17-16(18)10-13-11-19-15-9-12(2)6-7-14(13)15/h3-4,6-7,9,11H,5,8,10H2,1-2H3,(H,17,18)/b4-3+. The molecule has 3 nitrogen and oxygen atoms in total. The van der Waals surface area contributed by atoms with Gasteiger partial charge in [-0.25, -0.2) is 0 Å². The molecular formula is C16H19NO2. The number of carbonyl (C=O) groups is 1. The first-order valence-corrected chi connectivity index (χ1v) is 6.55. The van der Waals surface area contributed by atoms with E-state index in [1.165, 1.54) is 0 Å². The van der Waals surface area contributed by atoms with Gasteiger partial charge in [-0.05, 0) is 31.9 Å². The van der Waals surface area contributed by atoms with Crippen LogP contribution in [0.15, 0.2) is 41.0 Å². The normalized spacial score (nSPS) is 11.3. The molecule has 2 rings (SSSR count). The molecule has 1 aromatic carbocycles. The highest BCUT2D eigenvalue weighted by atomic mass is 16.3. The number of rotatable bonds is 5. The van der Waals surface area contributed by atoms with Crippen LogP contribution in [0.2, 0.25) is 0 Å². The maximum absolute atomic E-state index is 11.8. The van der Waals surface area contributed by atoms with Crippen LogP contribution in [-0.2, 0) is 11.2 Å². The molecule has 0 aliphatic rings. The van der Waals surface area contributed by atoms with Gasteiger partial charge in [0.05, 0.1) is 12.7 Å². The summed E-state index contributed by atoms with van der Waals surface area (Å²) in [5.74, 6) is 0.0350. The van der Waals surface area contributed by atoms with E-state index < -0.39 is 0 Å². The third-order valence-electron chi connectivity index (χ3n) is 3.03. The minimum absolute atomic E-state index is 0.0350. The smallest absolute Gasteiger partial charge is 0.224 e. The zero-order valence-electron chi connectivity index (χ0n) is 11.4. The van der Waals surface area contributed by atoms with Crippen LogP contribution in [-0.4, -0.2) is 12.5 Å². The zero-order chi connectivity index (χ0) is 13.7. The highest BCUT2D eigenvalue weighted by Gasteiger charge is 2.09. The van der Waals surface area contributed by atoms with Crippen molar-refractivity contribution in [1.82, 2.24) is 5.32 Å². The molecule has 1 aromatic heterocycles. The molecule has 0 fully saturated rings. The molecular weight excluding hydrogens is 238 g/mol. The van der Waals surface area contributed by atoms with Crippen molar-refractivity contribution in [3.63, 3.8) is 0 Å². The summed E-state index contributed by atoms with van der Waals surface area (Å²) >= 11 is 0. The van der Waals surface area contributed by atoms with E-state index >= 15 is 0 Å². The molecule has 0 saturated carbocycles. The molecule has 1 amide bonds. The van der Waals surface area contributed by atoms with Crippen LogP contribution in [0.4, 0.5) is 0 Å². The molecule has 2 aromatic rings. The summed E-state index contributed by atoms with van der Waals surface area (Å²) < 4.78 is 5.48. The summed E-state index contributed by atoms with van der Waals surface area (Å²) in [6, 6.07) is 6.03. The maximum atomic E-state index is 11.8. The van der Waals surface area contributed by atoms with Gasteiger partial charge in [0.1, 0.15) is 5.58 Å². The molecule has 1 N–H and O–H groups in total. The first-order valence-electron chi connectivity index (χ1n) is 6.55. The number of nitrogens with one attached hydrogen (secondary N) is 1. The molecule has 3 heteroatoms. The van der Waals surface area contributed by atoms with Gasteiger partial charge in [0, 0.05) is 17.5 Å². The van der Waals surface area contributed by atoms with Gasteiger partial charge in [-0.3, -0.25) is 4.79 Å². The minimum Gasteiger partial charge on any atom is -0.464 e. The fraction of sp³-hybridized carbons (Fsp3) is 0.312. The number of hydrogen-bond acceptors (Lipinski definition) is 2. The van der Waals surface area contributed by atoms with Gasteiger partial charge in [-0.1, -0.05) is 24.3 Å². The fourth-order valence-corrected chi connectivity index (χ4v) is 2.02. The number of furan rings is 1. The van der Waals surface area contributed by atoms with Crippen LogP contribution in [0.25, 0.3) is 11.0 Å². The van der Waals surface area contributed by atoms with Crippen LogP contribution in [0.5, 0.6) is 0 Å². The van der Waals surface area contributed by atoms with Crippen molar-refractivity contribution in [1.29, 1.82) is 0 Å². The number of hydrogen-bond donors (Lipinski definition) is 1. The molecule has 0 radical (unpaired) electrons. The van der Waals surface area contributed by atoms with Crippen LogP contribution < -0.4 is 5.32 Å². The lowest BCUT2D eigenvalue weighted by atomic mass is 10.1. The lowest BCUT2D eigenvalue weighted by Gasteiger charge is -2.02. The highest BCUT2D eigenvalue weighted by Crippen LogP contribution is 2.22. The molecule has 0 aliphatic heterocycles. The Morgan fingerprint density at radius 2 is 2.26 bits per heavy atom. The largest absolute Gasteiger partial charge is 0.464 e. The average Bonchev–Trinajstić information content (AvgIpc) is 2.77. The van der Waals surface area contributed by atoms with Gasteiger partial charge in [0.2, 0.25) is 5.91 Å². The topological polar surface area (TPSA) is 42.2 Å². The lowest BCUT2D eigenvalue weighted by molar-refractivity contribution is -0.120. The van der Waals surface area contributed by atoms with Crippen molar-refractivity contribution in [2.45, 2.75) is 26.7 Å². The first kappa shape index (κ1) is 13.4. The van der Waals surface area contributed by atoms with Crippen LogP contribution in [0, 0.1) is 6.92 Å². The zero-order valence-corrected chi connectivity index (χ0v) is 11.4. The lowest BCUT2D eigenvalue weighted by Crippen LogP contribution is -2.25. The minimum atomic E-state index is 0.0350. The van der Waals surface area contributed by atoms with Gasteiger partial charge in [-0.15, -0.1) is 0 Å². The van der Waals surface area contributed by atoms with Crippen molar-refractivity contribution >= 4 is 16.9 Å². The van der Waals surface area contributed by atoms with Gasteiger partial charge in [0.15, 0.2) is 0 Å². The Hall–Kier alpha value is -2.03. The number of aryl methyl sites for hydroxylation is 1. The summed E-state index contributed by atoms with van der Waals surface area (Å²) in [4.78, 5) is 11.8. The Balaban J connectivity index is 1.99. The average molecular weight is 257 g/mol. The fourth-order valence-electron chi connectivity index (χ4n) is 2.02. The third kappa shape index (κ3) is 3.47. The van der Waals surface area contributed by atoms with E-state index in [0.717, 1.165) is 28.5 Å². The Kier molecular flexibility index (Phi) is 4.39. The van der Waals surface area contributed by atoms with E-state index in [-0.39, 0.29) is 5.91 Å². The van der Waals surface area contributed by atoms with E-state index in [4.69, 9.17) is 4.42 Å². The number of amides is 1. The molecule has 0 spiro atoms. The Morgan fingerprint density at radius 3 is 3.05 bits per heavy atom. The highest BCUT2D eigenvalue weighted by molar-refractivity contribution is 5.87. The summed E-state index contributed by atoms with van der Waals surface area (Å²) in [5, 5.41) is 3.92. The second kappa shape index (κ2) is 6.23. The summed E-state index contributed by atoms with van der Waals surface area (Å²) in [6.07, 6.45) is 6.93. The Bertz CT molecular complexity index is 596. The number of fused-ring (bicyclic) bond motifs is 1. The van der Waals surface area contributed by atoms with E-state index in [9.17, 15) is 4.79 Å². The predicted octanol–water partition coefficient (Wildman–Crippen LogP) is 3.37. The first-order chi connectivity index (χ1) is 9.20. The molecule has 0 unspecified atom stereocenters. The molecule has 0 atom stereocenters. The number of benzene rings is 1. The van der Waals surface area contributed by atoms with Crippen LogP contribution in [0.3, 0.4) is 0 Å². The van der Waals surface area contributed by atoms with Gasteiger partial charge in [0.25, 0.3) is 0 Å². The third-order valence-corrected chi connectivity index (χ3v) is 3.03. The van der Waals surface area contributed by atoms with Crippen molar-refractivity contribution in [2.24, 2.45) is 0 Å². The number of allylic oxidation sites excluding steroid dienone is 1. The monoisotopic (exact) mass is 257 g/mol.